The van der Waals surface area contributed by atoms with Crippen LogP contribution in [0.1, 0.15) is 6.42 Å². The van der Waals surface area contributed by atoms with E-state index in [9.17, 15) is 10.1 Å². The summed E-state index contributed by atoms with van der Waals surface area (Å²) >= 11 is 0. The Bertz CT molecular complexity index is 280. The van der Waals surface area contributed by atoms with E-state index in [4.69, 9.17) is 0 Å². The predicted octanol–water partition coefficient (Wildman–Crippen LogP) is 0.127. The first kappa shape index (κ1) is 5.09. The molecule has 0 radical (unpaired) electrons. The zero-order valence-electron chi connectivity index (χ0n) is 5.88. The zero-order valence-corrected chi connectivity index (χ0v) is 5.88. The van der Waals surface area contributed by atoms with Gasteiger partial charge in [-0.15, -0.1) is 0 Å². The smallest absolute Gasteiger partial charge is 0.242 e. The number of hydrazine groups is 1. The van der Waals surface area contributed by atoms with Crippen molar-refractivity contribution in [3.8, 4) is 0 Å². The standard InChI is InChI=1S/C7H8N2O2/c10-8-6-3-1-2-4(6)5(2)7(3)9(8)11/h2-7H,1H2. The Morgan fingerprint density at radius 2 is 2.18 bits per heavy atom. The SMILES string of the molecule is O=[N+]1C2C3CC4C(C42)C3N1[O-]. The number of hydrogen-bond acceptors (Lipinski definition) is 2. The highest BCUT2D eigenvalue weighted by Gasteiger charge is 2.85. The van der Waals surface area contributed by atoms with E-state index in [-0.39, 0.29) is 12.1 Å². The normalized spacial score (nSPS) is 68.1. The maximum atomic E-state index is 11.2. The lowest BCUT2D eigenvalue weighted by atomic mass is 10.1. The fraction of sp³-hybridized carbons (Fsp3) is 1.00. The van der Waals surface area contributed by atoms with E-state index >= 15 is 0 Å². The van der Waals surface area contributed by atoms with Gasteiger partial charge in [-0.05, 0) is 18.3 Å². The zero-order chi connectivity index (χ0) is 7.33. The lowest BCUT2D eigenvalue weighted by molar-refractivity contribution is -0.713. The molecule has 0 amide bonds. The quantitative estimate of drug-likeness (QED) is 0.463. The monoisotopic (exact) mass is 152 g/mol. The third-order valence-electron chi connectivity index (χ3n) is 4.21. The van der Waals surface area contributed by atoms with E-state index in [1.165, 1.54) is 0 Å². The summed E-state index contributed by atoms with van der Waals surface area (Å²) in [5.41, 5.74) is 0. The van der Waals surface area contributed by atoms with Gasteiger partial charge >= 0.3 is 0 Å². The maximum absolute atomic E-state index is 11.2. The van der Waals surface area contributed by atoms with Crippen molar-refractivity contribution < 1.29 is 4.87 Å². The van der Waals surface area contributed by atoms with Gasteiger partial charge in [0.05, 0.1) is 16.9 Å². The molecule has 0 aromatic heterocycles. The molecule has 1 aliphatic heterocycles. The molecule has 6 unspecified atom stereocenters. The number of hydroxylamine groups is 1. The third kappa shape index (κ3) is 0.296. The Kier molecular flexibility index (Phi) is 0.510. The minimum atomic E-state index is 0.0903. The summed E-state index contributed by atoms with van der Waals surface area (Å²) in [4.78, 5) is 11.9. The molecule has 4 nitrogen and oxygen atoms in total. The van der Waals surface area contributed by atoms with Crippen LogP contribution in [0.3, 0.4) is 0 Å². The van der Waals surface area contributed by atoms with Gasteiger partial charge in [0, 0.05) is 5.92 Å². The second-order valence-electron chi connectivity index (χ2n) is 4.30. The van der Waals surface area contributed by atoms with Crippen LogP contribution in [0, 0.1) is 33.8 Å². The first-order valence-electron chi connectivity index (χ1n) is 4.23. The van der Waals surface area contributed by atoms with Crippen LogP contribution in [0.4, 0.5) is 0 Å². The van der Waals surface area contributed by atoms with Gasteiger partial charge in [0.15, 0.2) is 0 Å². The highest BCUT2D eigenvalue weighted by Crippen LogP contribution is 2.74. The number of hydrogen-bond donors (Lipinski definition) is 0. The van der Waals surface area contributed by atoms with Gasteiger partial charge in [-0.3, -0.25) is 0 Å². The average Bonchev–Trinajstić information content (AvgIpc) is 2.39. The van der Waals surface area contributed by atoms with Crippen molar-refractivity contribution in [2.75, 3.05) is 0 Å². The minimum absolute atomic E-state index is 0.0903. The Hall–Kier alpha value is -0.640. The van der Waals surface area contributed by atoms with E-state index in [0.717, 1.165) is 12.3 Å². The molecular weight excluding hydrogens is 144 g/mol. The van der Waals surface area contributed by atoms with Crippen LogP contribution in [0.25, 0.3) is 0 Å². The van der Waals surface area contributed by atoms with E-state index in [0.29, 0.717) is 27.8 Å². The molecule has 58 valence electrons. The van der Waals surface area contributed by atoms with Gasteiger partial charge in [0.25, 0.3) is 0 Å². The predicted molar refractivity (Wildman–Crippen MR) is 35.0 cm³/mol. The van der Waals surface area contributed by atoms with Gasteiger partial charge < -0.3 is 5.21 Å². The lowest BCUT2D eigenvalue weighted by Crippen LogP contribution is -2.36. The summed E-state index contributed by atoms with van der Waals surface area (Å²) in [6, 6.07) is 0.181. The van der Waals surface area contributed by atoms with Crippen molar-refractivity contribution in [1.82, 2.24) is 5.17 Å². The second-order valence-corrected chi connectivity index (χ2v) is 4.30. The summed E-state index contributed by atoms with van der Waals surface area (Å²) in [6.45, 7) is 0. The summed E-state index contributed by atoms with van der Waals surface area (Å²) in [6.07, 6.45) is 1.15. The van der Waals surface area contributed by atoms with Crippen LogP contribution in [0.15, 0.2) is 0 Å². The number of nitrogens with zero attached hydrogens (tertiary/aromatic N) is 2. The van der Waals surface area contributed by atoms with Crippen LogP contribution in [-0.2, 0) is 0 Å². The molecule has 0 spiro atoms. The van der Waals surface area contributed by atoms with Crippen LogP contribution in [-0.4, -0.2) is 22.1 Å². The summed E-state index contributed by atoms with van der Waals surface area (Å²) in [5.74, 6) is 2.43. The molecule has 11 heavy (non-hydrogen) atoms. The Morgan fingerprint density at radius 3 is 2.73 bits per heavy atom. The van der Waals surface area contributed by atoms with Gasteiger partial charge in [0.2, 0.25) is 6.04 Å². The molecule has 4 heteroatoms. The van der Waals surface area contributed by atoms with Crippen LogP contribution < -0.4 is 0 Å². The molecule has 5 rings (SSSR count). The summed E-state index contributed by atoms with van der Waals surface area (Å²) in [5, 5.41) is 11.9. The molecule has 6 atom stereocenters. The van der Waals surface area contributed by atoms with Crippen LogP contribution in [0.2, 0.25) is 0 Å². The fourth-order valence-corrected chi connectivity index (χ4v) is 3.96. The van der Waals surface area contributed by atoms with E-state index in [1.807, 2.05) is 0 Å². The van der Waals surface area contributed by atoms with Crippen molar-refractivity contribution in [2.45, 2.75) is 18.5 Å². The van der Waals surface area contributed by atoms with Gasteiger partial charge in [-0.2, -0.15) is 5.17 Å². The summed E-state index contributed by atoms with van der Waals surface area (Å²) in [7, 11) is 0. The molecule has 0 N–H and O–H groups in total. The van der Waals surface area contributed by atoms with Crippen molar-refractivity contribution in [3.63, 3.8) is 0 Å². The van der Waals surface area contributed by atoms with Crippen molar-refractivity contribution in [1.29, 1.82) is 0 Å². The molecule has 5 fully saturated rings. The van der Waals surface area contributed by atoms with Crippen LogP contribution in [0.5, 0.6) is 0 Å². The van der Waals surface area contributed by atoms with Crippen molar-refractivity contribution in [2.24, 2.45) is 23.7 Å². The Morgan fingerprint density at radius 1 is 1.36 bits per heavy atom. The molecular formula is C7H8N2O2. The minimum Gasteiger partial charge on any atom is -0.704 e. The number of rotatable bonds is 0. The molecule has 5 aliphatic rings. The van der Waals surface area contributed by atoms with Crippen molar-refractivity contribution in [3.05, 3.63) is 10.1 Å². The molecule has 4 aliphatic carbocycles. The highest BCUT2D eigenvalue weighted by molar-refractivity contribution is 5.25. The van der Waals surface area contributed by atoms with Gasteiger partial charge in [0.1, 0.15) is 4.87 Å². The first-order chi connectivity index (χ1) is 5.30. The molecule has 0 aromatic rings. The summed E-state index contributed by atoms with van der Waals surface area (Å²) < 4.78 is 0. The second kappa shape index (κ2) is 1.10. The van der Waals surface area contributed by atoms with Crippen LogP contribution >= 0.6 is 0 Å². The fourth-order valence-electron chi connectivity index (χ4n) is 3.96. The topological polar surface area (TPSA) is 46.4 Å². The molecule has 6 bridgehead atoms. The largest absolute Gasteiger partial charge is 0.704 e. The molecule has 1 heterocycles. The Labute approximate surface area is 63.3 Å². The first-order valence-corrected chi connectivity index (χ1v) is 4.23. The van der Waals surface area contributed by atoms with Gasteiger partial charge in [-0.1, -0.05) is 0 Å². The lowest BCUT2D eigenvalue weighted by Gasteiger charge is -2.22. The number of nitroso groups, excluding NO2 is 1. The molecule has 0 aromatic carbocycles. The molecule has 1 saturated heterocycles. The Balaban J connectivity index is 1.96. The van der Waals surface area contributed by atoms with Crippen molar-refractivity contribution >= 4 is 0 Å². The molecule has 4 saturated carbocycles. The van der Waals surface area contributed by atoms with E-state index < -0.39 is 0 Å². The van der Waals surface area contributed by atoms with E-state index in [2.05, 4.69) is 0 Å². The maximum Gasteiger partial charge on any atom is 0.242 e. The highest BCUT2D eigenvalue weighted by atomic mass is 16.6. The third-order valence-corrected chi connectivity index (χ3v) is 4.21. The van der Waals surface area contributed by atoms with E-state index in [1.54, 1.807) is 0 Å². The van der Waals surface area contributed by atoms with Gasteiger partial charge in [-0.25, -0.2) is 0 Å². The average molecular weight is 152 g/mol.